The average Bonchev–Trinajstić information content (AvgIpc) is 2.15. The predicted molar refractivity (Wildman–Crippen MR) is 54.1 cm³/mol. The molecule has 1 aromatic rings. The Hall–Kier alpha value is -1.30. The van der Waals surface area contributed by atoms with Gasteiger partial charge in [-0.25, -0.2) is 0 Å². The topological polar surface area (TPSA) is 48.0 Å². The quantitative estimate of drug-likeness (QED) is 0.850. The largest absolute Gasteiger partial charge is 0.407 e. The number of rotatable bonds is 2. The zero-order valence-electron chi connectivity index (χ0n) is 8.95. The van der Waals surface area contributed by atoms with Crippen molar-refractivity contribution in [2.75, 3.05) is 0 Å². The summed E-state index contributed by atoms with van der Waals surface area (Å²) in [5.41, 5.74) is 3.88. The third-order valence-electron chi connectivity index (χ3n) is 2.25. The van der Waals surface area contributed by atoms with Gasteiger partial charge in [-0.2, -0.15) is 13.2 Å². The van der Waals surface area contributed by atoms with Gasteiger partial charge in [0.25, 0.3) is 5.56 Å². The lowest BCUT2D eigenvalue weighted by Gasteiger charge is -2.17. The summed E-state index contributed by atoms with van der Waals surface area (Å²) in [6, 6.07) is 0.0703. The van der Waals surface area contributed by atoms with Crippen LogP contribution in [-0.2, 0) is 0 Å². The average molecular weight is 234 g/mol. The summed E-state index contributed by atoms with van der Waals surface area (Å²) in [6.07, 6.45) is -3.16. The first kappa shape index (κ1) is 12.8. The number of hydrogen-bond acceptors (Lipinski definition) is 2. The van der Waals surface area contributed by atoms with E-state index in [1.807, 2.05) is 0 Å². The van der Waals surface area contributed by atoms with Gasteiger partial charge in [0.2, 0.25) is 0 Å². The van der Waals surface area contributed by atoms with Crippen molar-refractivity contribution >= 4 is 0 Å². The van der Waals surface area contributed by atoms with Gasteiger partial charge >= 0.3 is 6.18 Å². The fraction of sp³-hybridized carbons (Fsp3) is 0.500. The molecule has 0 saturated carbocycles. The molecule has 1 atom stereocenters. The molecular weight excluding hydrogens is 221 g/mol. The monoisotopic (exact) mass is 234 g/mol. The zero-order valence-corrected chi connectivity index (χ0v) is 8.95. The summed E-state index contributed by atoms with van der Waals surface area (Å²) in [5.74, 6) is 0. The van der Waals surface area contributed by atoms with Gasteiger partial charge in [-0.3, -0.25) is 4.79 Å². The van der Waals surface area contributed by atoms with E-state index in [-0.39, 0.29) is 6.04 Å². The standard InChI is InChI=1S/C10H13F3N2O/c1-6(2)15-5-3-4-7(9(15)16)8(14)10(11,12)13/h3-6,8H,14H2,1-2H3. The van der Waals surface area contributed by atoms with Crippen LogP contribution in [0.3, 0.4) is 0 Å². The number of nitrogens with two attached hydrogens (primary N) is 1. The Morgan fingerprint density at radius 1 is 1.38 bits per heavy atom. The summed E-state index contributed by atoms with van der Waals surface area (Å²) >= 11 is 0. The molecule has 1 heterocycles. The minimum atomic E-state index is -4.60. The Morgan fingerprint density at radius 3 is 2.38 bits per heavy atom. The van der Waals surface area contributed by atoms with E-state index in [0.29, 0.717) is 0 Å². The van der Waals surface area contributed by atoms with Gasteiger partial charge in [0.15, 0.2) is 0 Å². The van der Waals surface area contributed by atoms with Gasteiger partial charge in [0, 0.05) is 17.8 Å². The van der Waals surface area contributed by atoms with Crippen LogP contribution in [0.2, 0.25) is 0 Å². The summed E-state index contributed by atoms with van der Waals surface area (Å²) in [5, 5.41) is 0. The number of hydrogen-bond donors (Lipinski definition) is 1. The number of pyridine rings is 1. The number of aromatic nitrogens is 1. The van der Waals surface area contributed by atoms with E-state index in [1.54, 1.807) is 13.8 Å². The highest BCUT2D eigenvalue weighted by Gasteiger charge is 2.39. The maximum absolute atomic E-state index is 12.4. The SMILES string of the molecule is CC(C)n1cccc(C(N)C(F)(F)F)c1=O. The Bertz CT molecular complexity index is 423. The molecule has 6 heteroatoms. The van der Waals surface area contributed by atoms with E-state index >= 15 is 0 Å². The van der Waals surface area contributed by atoms with E-state index in [9.17, 15) is 18.0 Å². The van der Waals surface area contributed by atoms with Crippen LogP contribution < -0.4 is 11.3 Å². The molecule has 0 radical (unpaired) electrons. The van der Waals surface area contributed by atoms with Gasteiger partial charge in [-0.05, 0) is 19.9 Å². The minimum Gasteiger partial charge on any atom is -0.316 e. The van der Waals surface area contributed by atoms with Gasteiger partial charge in [0.1, 0.15) is 6.04 Å². The molecule has 1 rings (SSSR count). The molecule has 1 aromatic heterocycles. The Balaban J connectivity index is 3.27. The molecule has 3 nitrogen and oxygen atoms in total. The fourth-order valence-electron chi connectivity index (χ4n) is 1.35. The maximum atomic E-state index is 12.4. The predicted octanol–water partition coefficient (Wildman–Crippen LogP) is 1.99. The zero-order chi connectivity index (χ0) is 12.5. The number of halogens is 3. The second-order valence-electron chi connectivity index (χ2n) is 3.79. The molecule has 0 bridgehead atoms. The smallest absolute Gasteiger partial charge is 0.316 e. The van der Waals surface area contributed by atoms with E-state index in [2.05, 4.69) is 0 Å². The van der Waals surface area contributed by atoms with Crippen LogP contribution in [-0.4, -0.2) is 10.7 Å². The Kier molecular flexibility index (Phi) is 3.42. The van der Waals surface area contributed by atoms with Gasteiger partial charge in [-0.15, -0.1) is 0 Å². The summed E-state index contributed by atoms with van der Waals surface area (Å²) in [6.45, 7) is 3.43. The first-order chi connectivity index (χ1) is 7.25. The van der Waals surface area contributed by atoms with Crippen molar-refractivity contribution in [3.05, 3.63) is 34.2 Å². The second-order valence-corrected chi connectivity index (χ2v) is 3.79. The summed E-state index contributed by atoms with van der Waals surface area (Å²) < 4.78 is 38.3. The highest BCUT2D eigenvalue weighted by molar-refractivity contribution is 5.16. The third-order valence-corrected chi connectivity index (χ3v) is 2.25. The molecule has 16 heavy (non-hydrogen) atoms. The molecule has 0 aliphatic carbocycles. The molecule has 2 N–H and O–H groups in total. The molecule has 0 saturated heterocycles. The number of nitrogens with zero attached hydrogens (tertiary/aromatic N) is 1. The van der Waals surface area contributed by atoms with Crippen molar-refractivity contribution in [3.8, 4) is 0 Å². The molecule has 1 unspecified atom stereocenters. The van der Waals surface area contributed by atoms with Crippen molar-refractivity contribution in [3.63, 3.8) is 0 Å². The molecule has 0 aromatic carbocycles. The van der Waals surface area contributed by atoms with Crippen LogP contribution in [0.4, 0.5) is 13.2 Å². The molecule has 0 spiro atoms. The van der Waals surface area contributed by atoms with Crippen LogP contribution in [0, 0.1) is 0 Å². The molecule has 0 aliphatic rings. The fourth-order valence-corrected chi connectivity index (χ4v) is 1.35. The first-order valence-corrected chi connectivity index (χ1v) is 4.78. The molecule has 0 fully saturated rings. The van der Waals surface area contributed by atoms with E-state index in [1.165, 1.54) is 16.8 Å². The van der Waals surface area contributed by atoms with Crippen molar-refractivity contribution in [2.24, 2.45) is 5.73 Å². The highest BCUT2D eigenvalue weighted by Crippen LogP contribution is 2.28. The second kappa shape index (κ2) is 4.29. The van der Waals surface area contributed by atoms with Gasteiger partial charge in [0.05, 0.1) is 0 Å². The van der Waals surface area contributed by atoms with Crippen LogP contribution in [0.25, 0.3) is 0 Å². The normalized spacial score (nSPS) is 14.2. The molecular formula is C10H13F3N2O. The van der Waals surface area contributed by atoms with Crippen LogP contribution in [0.5, 0.6) is 0 Å². The first-order valence-electron chi connectivity index (χ1n) is 4.78. The summed E-state index contributed by atoms with van der Waals surface area (Å²) in [4.78, 5) is 11.7. The van der Waals surface area contributed by atoms with Crippen molar-refractivity contribution in [1.29, 1.82) is 0 Å². The number of alkyl halides is 3. The van der Waals surface area contributed by atoms with E-state index in [0.717, 1.165) is 6.07 Å². The lowest BCUT2D eigenvalue weighted by molar-refractivity contribution is -0.149. The highest BCUT2D eigenvalue weighted by atomic mass is 19.4. The lowest BCUT2D eigenvalue weighted by atomic mass is 10.1. The maximum Gasteiger partial charge on any atom is 0.407 e. The van der Waals surface area contributed by atoms with E-state index in [4.69, 9.17) is 5.73 Å². The molecule has 90 valence electrons. The van der Waals surface area contributed by atoms with Gasteiger partial charge in [-0.1, -0.05) is 6.07 Å². The molecule has 0 aliphatic heterocycles. The molecule has 0 amide bonds. The van der Waals surface area contributed by atoms with Crippen LogP contribution in [0.1, 0.15) is 31.5 Å². The lowest BCUT2D eigenvalue weighted by Crippen LogP contribution is -2.36. The van der Waals surface area contributed by atoms with Crippen molar-refractivity contribution < 1.29 is 13.2 Å². The Morgan fingerprint density at radius 2 is 1.94 bits per heavy atom. The van der Waals surface area contributed by atoms with Crippen molar-refractivity contribution in [1.82, 2.24) is 4.57 Å². The van der Waals surface area contributed by atoms with Gasteiger partial charge < -0.3 is 10.3 Å². The van der Waals surface area contributed by atoms with E-state index < -0.39 is 23.3 Å². The minimum absolute atomic E-state index is 0.201. The van der Waals surface area contributed by atoms with Crippen LogP contribution in [0.15, 0.2) is 23.1 Å². The van der Waals surface area contributed by atoms with Crippen molar-refractivity contribution in [2.45, 2.75) is 32.1 Å². The van der Waals surface area contributed by atoms with Crippen LogP contribution >= 0.6 is 0 Å². The summed E-state index contributed by atoms with van der Waals surface area (Å²) in [7, 11) is 0. The third kappa shape index (κ3) is 2.44. The Labute approximate surface area is 90.7 Å².